The van der Waals surface area contributed by atoms with Crippen molar-refractivity contribution in [2.75, 3.05) is 20.1 Å². The van der Waals surface area contributed by atoms with Gasteiger partial charge in [-0.15, -0.1) is 0 Å². The number of imidazole rings is 1. The highest BCUT2D eigenvalue weighted by Crippen LogP contribution is 2.40. The average Bonchev–Trinajstić information content (AvgIpc) is 3.29. The van der Waals surface area contributed by atoms with Gasteiger partial charge in [0.15, 0.2) is 5.65 Å². The van der Waals surface area contributed by atoms with Crippen molar-refractivity contribution in [1.29, 1.82) is 0 Å². The van der Waals surface area contributed by atoms with Gasteiger partial charge in [0.1, 0.15) is 0 Å². The van der Waals surface area contributed by atoms with Gasteiger partial charge in [0.25, 0.3) is 0 Å². The number of rotatable bonds is 3. The minimum Gasteiger partial charge on any atom is -0.335 e. The first-order valence-corrected chi connectivity index (χ1v) is 11.5. The SMILES string of the molecule is CN1CC(C(=O)N2CC3CCC2C=C3c2ccc3c(n2)n(C)c(=O)n3CC(C)(C)C)C=N1. The van der Waals surface area contributed by atoms with E-state index in [-0.39, 0.29) is 34.9 Å². The second kappa shape index (κ2) is 7.32. The predicted octanol–water partition coefficient (Wildman–Crippen LogP) is 2.33. The number of fused-ring (bicyclic) bond motifs is 3. The molecular weight excluding hydrogens is 404 g/mol. The molecule has 0 spiro atoms. The third-order valence-electron chi connectivity index (χ3n) is 6.85. The number of hydrazone groups is 1. The molecule has 3 aliphatic heterocycles. The number of nitrogens with zero attached hydrogens (tertiary/aromatic N) is 6. The molecule has 8 nitrogen and oxygen atoms in total. The Morgan fingerprint density at radius 3 is 2.56 bits per heavy atom. The Kier molecular flexibility index (Phi) is 4.80. The summed E-state index contributed by atoms with van der Waals surface area (Å²) < 4.78 is 3.48. The molecule has 0 aromatic carbocycles. The van der Waals surface area contributed by atoms with E-state index in [9.17, 15) is 9.59 Å². The Labute approximate surface area is 188 Å². The Morgan fingerprint density at radius 1 is 1.16 bits per heavy atom. The molecular formula is C24H32N6O2. The molecule has 6 rings (SSSR count). The van der Waals surface area contributed by atoms with E-state index in [1.807, 2.05) is 33.7 Å². The number of carbonyl (C=O) groups is 1. The van der Waals surface area contributed by atoms with Crippen LogP contribution in [0.3, 0.4) is 0 Å². The Morgan fingerprint density at radius 2 is 1.94 bits per heavy atom. The summed E-state index contributed by atoms with van der Waals surface area (Å²) in [6, 6.07) is 4.17. The number of hydrogen-bond acceptors (Lipinski definition) is 5. The third kappa shape index (κ3) is 3.45. The topological polar surface area (TPSA) is 75.7 Å². The number of amides is 1. The quantitative estimate of drug-likeness (QED) is 0.740. The van der Waals surface area contributed by atoms with E-state index in [1.54, 1.807) is 17.8 Å². The first-order chi connectivity index (χ1) is 15.1. The zero-order chi connectivity index (χ0) is 22.8. The molecule has 32 heavy (non-hydrogen) atoms. The number of aryl methyl sites for hydroxylation is 1. The fourth-order valence-corrected chi connectivity index (χ4v) is 5.30. The lowest BCUT2D eigenvalue weighted by Gasteiger charge is -2.45. The van der Waals surface area contributed by atoms with E-state index in [0.717, 1.165) is 36.2 Å². The first kappa shape index (κ1) is 21.0. The normalized spacial score (nSPS) is 25.2. The summed E-state index contributed by atoms with van der Waals surface area (Å²) in [5.74, 6) is 0.301. The van der Waals surface area contributed by atoms with Crippen molar-refractivity contribution >= 4 is 28.9 Å². The maximum Gasteiger partial charge on any atom is 0.330 e. The smallest absolute Gasteiger partial charge is 0.330 e. The number of piperidine rings is 1. The summed E-state index contributed by atoms with van der Waals surface area (Å²) in [7, 11) is 3.69. The van der Waals surface area contributed by atoms with Gasteiger partial charge in [0, 0.05) is 39.3 Å². The van der Waals surface area contributed by atoms with Gasteiger partial charge in [-0.1, -0.05) is 26.8 Å². The molecule has 1 saturated heterocycles. The standard InChI is InChI=1S/C24H32N6O2/c1-24(2,3)14-30-20-9-8-19(26-21(20)28(5)23(30)32)18-10-17-7-6-15(18)13-29(17)22(31)16-11-25-27(4)12-16/h8-11,15-17H,6-7,12-14H2,1-5H3. The van der Waals surface area contributed by atoms with E-state index in [1.165, 1.54) is 5.57 Å². The number of hydrogen-bond donors (Lipinski definition) is 0. The molecule has 1 aliphatic carbocycles. The highest BCUT2D eigenvalue weighted by Gasteiger charge is 2.40. The highest BCUT2D eigenvalue weighted by atomic mass is 16.2. The van der Waals surface area contributed by atoms with Crippen molar-refractivity contribution in [2.24, 2.45) is 29.4 Å². The summed E-state index contributed by atoms with van der Waals surface area (Å²) in [5, 5.41) is 6.05. The summed E-state index contributed by atoms with van der Waals surface area (Å²) in [6.45, 7) is 8.42. The zero-order valence-corrected chi connectivity index (χ0v) is 19.6. The molecule has 170 valence electrons. The van der Waals surface area contributed by atoms with Gasteiger partial charge >= 0.3 is 5.69 Å². The molecule has 2 bridgehead atoms. The molecule has 2 aromatic heterocycles. The fourth-order valence-electron chi connectivity index (χ4n) is 5.30. The maximum atomic E-state index is 13.1. The van der Waals surface area contributed by atoms with Gasteiger partial charge in [-0.3, -0.25) is 18.9 Å². The van der Waals surface area contributed by atoms with Crippen LogP contribution in [-0.4, -0.2) is 62.3 Å². The van der Waals surface area contributed by atoms with Crippen LogP contribution in [0.4, 0.5) is 0 Å². The van der Waals surface area contributed by atoms with Gasteiger partial charge in [-0.25, -0.2) is 9.78 Å². The van der Waals surface area contributed by atoms with Crippen LogP contribution >= 0.6 is 0 Å². The van der Waals surface area contributed by atoms with E-state index in [4.69, 9.17) is 4.98 Å². The first-order valence-electron chi connectivity index (χ1n) is 11.5. The summed E-state index contributed by atoms with van der Waals surface area (Å²) in [5.41, 5.74) is 3.69. The molecule has 1 amide bonds. The molecule has 1 fully saturated rings. The van der Waals surface area contributed by atoms with Crippen LogP contribution in [0.5, 0.6) is 0 Å². The lowest BCUT2D eigenvalue weighted by molar-refractivity contribution is -0.136. The number of pyridine rings is 1. The van der Waals surface area contributed by atoms with Crippen molar-refractivity contribution in [3.05, 3.63) is 34.4 Å². The minimum absolute atomic E-state index is 0.00331. The summed E-state index contributed by atoms with van der Waals surface area (Å²) in [6.07, 6.45) is 6.04. The number of carbonyl (C=O) groups excluding carboxylic acids is 1. The molecule has 5 heterocycles. The van der Waals surface area contributed by atoms with Crippen LogP contribution in [0.25, 0.3) is 16.7 Å². The van der Waals surface area contributed by atoms with Crippen LogP contribution in [-0.2, 0) is 18.4 Å². The molecule has 0 N–H and O–H groups in total. The van der Waals surface area contributed by atoms with Gasteiger partial charge < -0.3 is 4.90 Å². The van der Waals surface area contributed by atoms with Gasteiger partial charge in [0.05, 0.1) is 29.7 Å². The fraction of sp³-hybridized carbons (Fsp3) is 0.583. The second-order valence-electron chi connectivity index (χ2n) is 10.7. The zero-order valence-electron chi connectivity index (χ0n) is 19.6. The highest BCUT2D eigenvalue weighted by molar-refractivity contribution is 5.95. The maximum absolute atomic E-state index is 13.1. The van der Waals surface area contributed by atoms with Crippen molar-refractivity contribution in [3.8, 4) is 0 Å². The third-order valence-corrected chi connectivity index (χ3v) is 6.85. The monoisotopic (exact) mass is 436 g/mol. The Hall–Kier alpha value is -2.90. The van der Waals surface area contributed by atoms with Crippen molar-refractivity contribution in [1.82, 2.24) is 24.0 Å². The summed E-state index contributed by atoms with van der Waals surface area (Å²) >= 11 is 0. The van der Waals surface area contributed by atoms with Crippen LogP contribution in [0.1, 0.15) is 39.3 Å². The molecule has 4 aliphatic rings. The van der Waals surface area contributed by atoms with Crippen molar-refractivity contribution in [3.63, 3.8) is 0 Å². The van der Waals surface area contributed by atoms with Crippen LogP contribution in [0.2, 0.25) is 0 Å². The van der Waals surface area contributed by atoms with Crippen LogP contribution in [0, 0.1) is 17.3 Å². The minimum atomic E-state index is -0.150. The molecule has 8 heteroatoms. The largest absolute Gasteiger partial charge is 0.335 e. The van der Waals surface area contributed by atoms with E-state index in [0.29, 0.717) is 13.1 Å². The van der Waals surface area contributed by atoms with E-state index >= 15 is 0 Å². The lowest BCUT2D eigenvalue weighted by Crippen LogP contribution is -2.52. The van der Waals surface area contributed by atoms with Crippen molar-refractivity contribution < 1.29 is 4.79 Å². The second-order valence-corrected chi connectivity index (χ2v) is 10.7. The predicted molar refractivity (Wildman–Crippen MR) is 125 cm³/mol. The van der Waals surface area contributed by atoms with Gasteiger partial charge in [-0.05, 0) is 36.0 Å². The van der Waals surface area contributed by atoms with Gasteiger partial charge in [-0.2, -0.15) is 5.10 Å². The molecule has 2 aromatic rings. The molecule has 3 unspecified atom stereocenters. The molecule has 3 atom stereocenters. The van der Waals surface area contributed by atoms with Crippen molar-refractivity contribution in [2.45, 2.75) is 46.2 Å². The lowest BCUT2D eigenvalue weighted by atomic mass is 9.78. The van der Waals surface area contributed by atoms with Crippen LogP contribution < -0.4 is 5.69 Å². The average molecular weight is 437 g/mol. The van der Waals surface area contributed by atoms with Crippen LogP contribution in [0.15, 0.2) is 28.1 Å². The van der Waals surface area contributed by atoms with E-state index in [2.05, 4.69) is 31.9 Å². The molecule has 0 saturated carbocycles. The Balaban J connectivity index is 1.46. The Bertz CT molecular complexity index is 1200. The van der Waals surface area contributed by atoms with E-state index < -0.39 is 0 Å². The molecule has 0 radical (unpaired) electrons. The number of aromatic nitrogens is 3. The van der Waals surface area contributed by atoms with Gasteiger partial charge in [0.2, 0.25) is 5.91 Å². The summed E-state index contributed by atoms with van der Waals surface area (Å²) in [4.78, 5) is 32.9.